The Morgan fingerprint density at radius 1 is 1.39 bits per heavy atom. The van der Waals surface area contributed by atoms with Crippen LogP contribution in [0.5, 0.6) is 11.5 Å². The van der Waals surface area contributed by atoms with Gasteiger partial charge in [-0.2, -0.15) is 0 Å². The zero-order valence-corrected chi connectivity index (χ0v) is 14.1. The fraction of sp³-hybridized carbons (Fsp3) is 0.368. The first-order valence-electron chi connectivity index (χ1n) is 7.78. The van der Waals surface area contributed by atoms with Crippen molar-refractivity contribution in [2.45, 2.75) is 20.0 Å². The fourth-order valence-corrected chi connectivity index (χ4v) is 2.26. The molecule has 1 aliphatic rings. The first kappa shape index (κ1) is 17.3. The van der Waals surface area contributed by atoms with Crippen molar-refractivity contribution in [1.29, 1.82) is 0 Å². The number of allylic oxidation sites excluding steroid dienone is 3. The van der Waals surface area contributed by atoms with Gasteiger partial charge in [-0.1, -0.05) is 36.9 Å². The van der Waals surface area contributed by atoms with Crippen molar-refractivity contribution in [3.05, 3.63) is 60.2 Å². The first-order valence-corrected chi connectivity index (χ1v) is 7.78. The molecule has 0 N–H and O–H groups in total. The third-order valence-electron chi connectivity index (χ3n) is 3.63. The van der Waals surface area contributed by atoms with E-state index in [1.54, 1.807) is 0 Å². The Bertz CT molecular complexity index is 592. The second-order valence-corrected chi connectivity index (χ2v) is 5.54. The summed E-state index contributed by atoms with van der Waals surface area (Å²) in [6, 6.07) is 5.92. The van der Waals surface area contributed by atoms with Gasteiger partial charge in [-0.3, -0.25) is 4.90 Å². The average Bonchev–Trinajstić information content (AvgIpc) is 3.03. The summed E-state index contributed by atoms with van der Waals surface area (Å²) in [5.74, 6) is 1.58. The number of nitrogens with zero attached hydrogens (tertiary/aromatic N) is 1. The van der Waals surface area contributed by atoms with Gasteiger partial charge in [0, 0.05) is 6.54 Å². The van der Waals surface area contributed by atoms with Gasteiger partial charge in [-0.05, 0) is 44.2 Å². The van der Waals surface area contributed by atoms with Crippen LogP contribution in [0.25, 0.3) is 0 Å². The maximum atomic E-state index is 5.95. The minimum atomic E-state index is -0.0151. The zero-order valence-electron chi connectivity index (χ0n) is 14.1. The summed E-state index contributed by atoms with van der Waals surface area (Å²) in [7, 11) is 2.03. The topological polar surface area (TPSA) is 30.9 Å². The predicted molar refractivity (Wildman–Crippen MR) is 92.7 cm³/mol. The largest absolute Gasteiger partial charge is 0.454 e. The van der Waals surface area contributed by atoms with Crippen molar-refractivity contribution < 1.29 is 14.2 Å². The van der Waals surface area contributed by atoms with Crippen LogP contribution in [0.3, 0.4) is 0 Å². The van der Waals surface area contributed by atoms with Gasteiger partial charge in [0.2, 0.25) is 6.79 Å². The Morgan fingerprint density at radius 2 is 2.17 bits per heavy atom. The molecule has 0 saturated carbocycles. The molecule has 124 valence electrons. The van der Waals surface area contributed by atoms with E-state index in [1.165, 1.54) is 0 Å². The molecule has 0 aromatic heterocycles. The molecule has 0 fully saturated rings. The van der Waals surface area contributed by atoms with E-state index in [4.69, 9.17) is 14.2 Å². The van der Waals surface area contributed by atoms with Crippen molar-refractivity contribution in [2.75, 3.05) is 27.1 Å². The minimum Gasteiger partial charge on any atom is -0.454 e. The fourth-order valence-electron chi connectivity index (χ4n) is 2.26. The van der Waals surface area contributed by atoms with Gasteiger partial charge in [0.15, 0.2) is 11.5 Å². The lowest BCUT2D eigenvalue weighted by molar-refractivity contribution is -0.00158. The molecule has 1 aromatic carbocycles. The van der Waals surface area contributed by atoms with E-state index >= 15 is 0 Å². The average molecular weight is 315 g/mol. The van der Waals surface area contributed by atoms with E-state index in [9.17, 15) is 0 Å². The first-order chi connectivity index (χ1) is 11.1. The second-order valence-electron chi connectivity index (χ2n) is 5.54. The molecule has 0 radical (unpaired) electrons. The highest BCUT2D eigenvalue weighted by Gasteiger charge is 2.16. The monoisotopic (exact) mass is 315 g/mol. The SMILES string of the molecule is C=C/C(=C\C=C/C)CN(C)COC(C)c1ccc2c(c1)OCO2. The molecule has 0 spiro atoms. The maximum Gasteiger partial charge on any atom is 0.231 e. The standard InChI is InChI=1S/C19H25NO3/c1-5-7-8-16(6-2)12-20(4)13-21-15(3)17-9-10-18-19(11-17)23-14-22-18/h5-11,15H,2,12-14H2,1,3-4H3/b7-5-,16-8+. The number of benzene rings is 1. The van der Waals surface area contributed by atoms with Crippen LogP contribution in [0.2, 0.25) is 0 Å². The van der Waals surface area contributed by atoms with Gasteiger partial charge in [-0.15, -0.1) is 0 Å². The Labute approximate surface area is 138 Å². The van der Waals surface area contributed by atoms with Crippen molar-refractivity contribution in [1.82, 2.24) is 4.90 Å². The summed E-state index contributed by atoms with van der Waals surface area (Å²) in [5, 5.41) is 0. The van der Waals surface area contributed by atoms with Gasteiger partial charge in [0.25, 0.3) is 0 Å². The molecule has 1 atom stereocenters. The molecule has 0 aliphatic carbocycles. The van der Waals surface area contributed by atoms with Crippen molar-refractivity contribution in [2.24, 2.45) is 0 Å². The van der Waals surface area contributed by atoms with Crippen LogP contribution < -0.4 is 9.47 Å². The Morgan fingerprint density at radius 3 is 2.91 bits per heavy atom. The lowest BCUT2D eigenvalue weighted by Gasteiger charge is -2.21. The molecule has 4 nitrogen and oxygen atoms in total. The number of rotatable bonds is 8. The Balaban J connectivity index is 1.86. The van der Waals surface area contributed by atoms with Gasteiger partial charge in [0.05, 0.1) is 12.8 Å². The highest BCUT2D eigenvalue weighted by molar-refractivity contribution is 5.44. The highest BCUT2D eigenvalue weighted by Crippen LogP contribution is 2.34. The van der Waals surface area contributed by atoms with Crippen molar-refractivity contribution in [3.8, 4) is 11.5 Å². The van der Waals surface area contributed by atoms with Crippen LogP contribution >= 0.6 is 0 Å². The van der Waals surface area contributed by atoms with E-state index in [-0.39, 0.29) is 6.10 Å². The van der Waals surface area contributed by atoms with Crippen molar-refractivity contribution in [3.63, 3.8) is 0 Å². The van der Waals surface area contributed by atoms with Gasteiger partial charge >= 0.3 is 0 Å². The number of fused-ring (bicyclic) bond motifs is 1. The number of hydrogen-bond donors (Lipinski definition) is 0. The summed E-state index contributed by atoms with van der Waals surface area (Å²) < 4.78 is 16.7. The summed E-state index contributed by atoms with van der Waals surface area (Å²) in [6.45, 7) is 9.50. The molecule has 4 heteroatoms. The van der Waals surface area contributed by atoms with Crippen LogP contribution in [0.15, 0.2) is 54.7 Å². The number of ether oxygens (including phenoxy) is 3. The zero-order chi connectivity index (χ0) is 16.7. The van der Waals surface area contributed by atoms with Crippen LogP contribution in [-0.2, 0) is 4.74 Å². The quantitative estimate of drug-likeness (QED) is 0.534. The molecule has 23 heavy (non-hydrogen) atoms. The van der Waals surface area contributed by atoms with E-state index in [0.29, 0.717) is 13.5 Å². The van der Waals surface area contributed by atoms with Gasteiger partial charge < -0.3 is 14.2 Å². The van der Waals surface area contributed by atoms with E-state index in [2.05, 4.69) is 17.6 Å². The third-order valence-corrected chi connectivity index (χ3v) is 3.63. The summed E-state index contributed by atoms with van der Waals surface area (Å²) in [6.07, 6.45) is 7.93. The number of hydrogen-bond acceptors (Lipinski definition) is 4. The molecular weight excluding hydrogens is 290 g/mol. The van der Waals surface area contributed by atoms with E-state index in [1.807, 2.05) is 57.3 Å². The van der Waals surface area contributed by atoms with Crippen LogP contribution in [0, 0.1) is 0 Å². The molecule has 2 rings (SSSR count). The summed E-state index contributed by atoms with van der Waals surface area (Å²) in [4.78, 5) is 2.11. The highest BCUT2D eigenvalue weighted by atomic mass is 16.7. The predicted octanol–water partition coefficient (Wildman–Crippen LogP) is 4.07. The summed E-state index contributed by atoms with van der Waals surface area (Å²) >= 11 is 0. The van der Waals surface area contributed by atoms with Gasteiger partial charge in [-0.25, -0.2) is 0 Å². The lowest BCUT2D eigenvalue weighted by atomic mass is 10.1. The van der Waals surface area contributed by atoms with Gasteiger partial charge in [0.1, 0.15) is 0 Å². The molecule has 1 aliphatic heterocycles. The van der Waals surface area contributed by atoms with Crippen LogP contribution in [0.1, 0.15) is 25.5 Å². The third kappa shape index (κ3) is 4.98. The maximum absolute atomic E-state index is 5.95. The van der Waals surface area contributed by atoms with E-state index in [0.717, 1.165) is 29.2 Å². The minimum absolute atomic E-state index is 0.0151. The molecule has 0 bridgehead atoms. The lowest BCUT2D eigenvalue weighted by Crippen LogP contribution is -2.24. The van der Waals surface area contributed by atoms with Crippen LogP contribution in [-0.4, -0.2) is 32.0 Å². The normalized spacial score (nSPS) is 15.4. The van der Waals surface area contributed by atoms with E-state index < -0.39 is 0 Å². The van der Waals surface area contributed by atoms with Crippen molar-refractivity contribution >= 4 is 0 Å². The van der Waals surface area contributed by atoms with Crippen LogP contribution in [0.4, 0.5) is 0 Å². The molecule has 1 unspecified atom stereocenters. The Hall–Kier alpha value is -2.04. The smallest absolute Gasteiger partial charge is 0.231 e. The summed E-state index contributed by atoms with van der Waals surface area (Å²) in [5.41, 5.74) is 2.24. The molecule has 0 amide bonds. The number of likely N-dealkylation sites (N-methyl/N-ethyl adjacent to an activating group) is 1. The Kier molecular flexibility index (Phi) is 6.44. The molecular formula is C19H25NO3. The molecule has 0 saturated heterocycles. The second kappa shape index (κ2) is 8.56. The molecule has 1 aromatic rings. The molecule has 1 heterocycles.